The fourth-order valence-electron chi connectivity index (χ4n) is 4.07. The second kappa shape index (κ2) is 10.4. The fourth-order valence-corrected chi connectivity index (χ4v) is 4.07. The minimum Gasteiger partial charge on any atom is -0.497 e. The molecule has 4 aromatic rings. The number of methoxy groups -OCH3 is 1. The molecule has 0 aliphatic rings. The highest BCUT2D eigenvalue weighted by atomic mass is 19.4. The Balaban J connectivity index is 1.77. The first-order valence-electron chi connectivity index (χ1n) is 11.9. The SMILES string of the molecule is COc1ccc(C(F)(F)F)c(-c2cccc(NC(=O)c3cc4ccc([N+](=O)[O-])cc4n3C(=O)OC(C)(C)C)c2)c1. The summed E-state index contributed by atoms with van der Waals surface area (Å²) >= 11 is 0. The predicted octanol–water partition coefficient (Wildman–Crippen LogP) is 7.28. The molecule has 0 bridgehead atoms. The Hall–Kier alpha value is -4.87. The van der Waals surface area contributed by atoms with Crippen LogP contribution in [0.4, 0.5) is 29.3 Å². The standard InChI is InChI=1S/C28H24F3N3O6/c1-27(2,3)40-26(36)33-23-14-19(34(37)38)9-8-17(23)13-24(33)25(35)32-18-7-5-6-16(12-18)21-15-20(39-4)10-11-22(21)28(29,30)31/h5-15H,1-4H3,(H,32,35). The summed E-state index contributed by atoms with van der Waals surface area (Å²) in [6, 6.07) is 14.3. The normalized spacial score (nSPS) is 11.8. The van der Waals surface area contributed by atoms with Crippen molar-refractivity contribution in [2.75, 3.05) is 12.4 Å². The molecular weight excluding hydrogens is 531 g/mol. The summed E-state index contributed by atoms with van der Waals surface area (Å²) in [6.07, 6.45) is -5.58. The molecule has 1 amide bonds. The summed E-state index contributed by atoms with van der Waals surface area (Å²) < 4.78 is 52.6. The van der Waals surface area contributed by atoms with E-state index in [1.807, 2.05) is 0 Å². The maximum Gasteiger partial charge on any atom is 0.419 e. The maximum atomic E-state index is 13.7. The van der Waals surface area contributed by atoms with Crippen LogP contribution in [0.15, 0.2) is 66.7 Å². The van der Waals surface area contributed by atoms with Crippen molar-refractivity contribution < 1.29 is 37.2 Å². The van der Waals surface area contributed by atoms with Gasteiger partial charge in [0.05, 0.1) is 23.1 Å². The van der Waals surface area contributed by atoms with E-state index in [-0.39, 0.29) is 39.5 Å². The van der Waals surface area contributed by atoms with Crippen molar-refractivity contribution in [1.29, 1.82) is 0 Å². The summed E-state index contributed by atoms with van der Waals surface area (Å²) in [7, 11) is 1.33. The van der Waals surface area contributed by atoms with Crippen molar-refractivity contribution in [2.24, 2.45) is 0 Å². The first-order chi connectivity index (χ1) is 18.7. The lowest BCUT2D eigenvalue weighted by Crippen LogP contribution is -2.29. The van der Waals surface area contributed by atoms with Gasteiger partial charge in [-0.2, -0.15) is 13.2 Å². The number of carbonyl (C=O) groups is 2. The Morgan fingerprint density at radius 1 is 0.975 bits per heavy atom. The zero-order valence-corrected chi connectivity index (χ0v) is 21.8. The van der Waals surface area contributed by atoms with Crippen molar-refractivity contribution in [3.05, 3.63) is 88.1 Å². The topological polar surface area (TPSA) is 113 Å². The van der Waals surface area contributed by atoms with E-state index in [1.54, 1.807) is 20.8 Å². The molecule has 0 aliphatic carbocycles. The van der Waals surface area contributed by atoms with Crippen LogP contribution in [0.3, 0.4) is 0 Å². The van der Waals surface area contributed by atoms with Crippen molar-refractivity contribution in [2.45, 2.75) is 32.5 Å². The number of carbonyl (C=O) groups excluding carboxylic acids is 2. The minimum absolute atomic E-state index is 0.0774. The molecule has 4 rings (SSSR count). The number of amides is 1. The first kappa shape index (κ1) is 28.1. The number of rotatable bonds is 5. The van der Waals surface area contributed by atoms with Gasteiger partial charge in [-0.3, -0.25) is 14.9 Å². The Bertz CT molecular complexity index is 1640. The van der Waals surface area contributed by atoms with E-state index in [4.69, 9.17) is 9.47 Å². The van der Waals surface area contributed by atoms with E-state index in [0.717, 1.165) is 16.7 Å². The highest BCUT2D eigenvalue weighted by Crippen LogP contribution is 2.39. The van der Waals surface area contributed by atoms with Gasteiger partial charge in [-0.1, -0.05) is 12.1 Å². The third-order valence-electron chi connectivity index (χ3n) is 5.77. The number of non-ortho nitro benzene ring substituents is 1. The van der Waals surface area contributed by atoms with Gasteiger partial charge < -0.3 is 14.8 Å². The van der Waals surface area contributed by atoms with Crippen LogP contribution in [0.1, 0.15) is 36.8 Å². The van der Waals surface area contributed by atoms with E-state index in [1.165, 1.54) is 61.7 Å². The van der Waals surface area contributed by atoms with Crippen LogP contribution in [0, 0.1) is 10.1 Å². The Morgan fingerprint density at radius 3 is 2.33 bits per heavy atom. The van der Waals surface area contributed by atoms with Crippen LogP contribution >= 0.6 is 0 Å². The number of aromatic nitrogens is 1. The molecule has 208 valence electrons. The molecule has 3 aromatic carbocycles. The second-order valence-electron chi connectivity index (χ2n) is 9.79. The zero-order chi connectivity index (χ0) is 29.4. The Labute approximate surface area is 226 Å². The van der Waals surface area contributed by atoms with Crippen LogP contribution in [0.25, 0.3) is 22.0 Å². The lowest BCUT2D eigenvalue weighted by Gasteiger charge is -2.21. The molecule has 0 saturated heterocycles. The smallest absolute Gasteiger partial charge is 0.419 e. The number of nitro benzene ring substituents is 1. The highest BCUT2D eigenvalue weighted by molar-refractivity contribution is 6.09. The fraction of sp³-hybridized carbons (Fsp3) is 0.214. The molecule has 12 heteroatoms. The largest absolute Gasteiger partial charge is 0.497 e. The van der Waals surface area contributed by atoms with Crippen molar-refractivity contribution in [3.63, 3.8) is 0 Å². The predicted molar refractivity (Wildman–Crippen MR) is 142 cm³/mol. The third kappa shape index (κ3) is 5.90. The number of fused-ring (bicyclic) bond motifs is 1. The molecule has 0 aliphatic heterocycles. The quantitative estimate of drug-likeness (QED) is 0.205. The summed E-state index contributed by atoms with van der Waals surface area (Å²) in [6.45, 7) is 4.87. The number of anilines is 1. The van der Waals surface area contributed by atoms with E-state index in [9.17, 15) is 32.9 Å². The average Bonchev–Trinajstić information content (AvgIpc) is 3.26. The maximum absolute atomic E-state index is 13.7. The number of alkyl halides is 3. The molecule has 1 heterocycles. The van der Waals surface area contributed by atoms with E-state index >= 15 is 0 Å². The summed E-state index contributed by atoms with van der Waals surface area (Å²) in [5, 5.41) is 14.3. The van der Waals surface area contributed by atoms with Gasteiger partial charge in [-0.25, -0.2) is 9.36 Å². The van der Waals surface area contributed by atoms with Crippen LogP contribution in [0.5, 0.6) is 5.75 Å². The van der Waals surface area contributed by atoms with Gasteiger partial charge in [0.15, 0.2) is 0 Å². The van der Waals surface area contributed by atoms with Crippen molar-refractivity contribution in [1.82, 2.24) is 4.57 Å². The molecule has 0 spiro atoms. The molecular formula is C28H24F3N3O6. The van der Waals surface area contributed by atoms with Crippen LogP contribution < -0.4 is 10.1 Å². The molecule has 0 atom stereocenters. The zero-order valence-electron chi connectivity index (χ0n) is 21.8. The number of hydrogen-bond acceptors (Lipinski definition) is 6. The summed E-state index contributed by atoms with van der Waals surface area (Å²) in [5.41, 5.74) is -2.09. The highest BCUT2D eigenvalue weighted by Gasteiger charge is 2.34. The average molecular weight is 556 g/mol. The molecule has 40 heavy (non-hydrogen) atoms. The molecule has 0 fully saturated rings. The number of hydrogen-bond donors (Lipinski definition) is 1. The molecule has 9 nitrogen and oxygen atoms in total. The Kier molecular flexibility index (Phi) is 7.29. The lowest BCUT2D eigenvalue weighted by atomic mass is 9.98. The van der Waals surface area contributed by atoms with Gasteiger partial charge in [0, 0.05) is 23.2 Å². The van der Waals surface area contributed by atoms with E-state index in [0.29, 0.717) is 5.39 Å². The number of benzene rings is 3. The van der Waals surface area contributed by atoms with E-state index < -0.39 is 34.3 Å². The van der Waals surface area contributed by atoms with Crippen LogP contribution in [-0.2, 0) is 10.9 Å². The van der Waals surface area contributed by atoms with Crippen LogP contribution in [0.2, 0.25) is 0 Å². The van der Waals surface area contributed by atoms with E-state index in [2.05, 4.69) is 5.32 Å². The molecule has 0 radical (unpaired) electrons. The molecule has 0 unspecified atom stereocenters. The first-order valence-corrected chi connectivity index (χ1v) is 11.9. The third-order valence-corrected chi connectivity index (χ3v) is 5.77. The van der Waals surface area contributed by atoms with Crippen molar-refractivity contribution >= 4 is 34.3 Å². The molecule has 1 N–H and O–H groups in total. The molecule has 0 saturated carbocycles. The second-order valence-corrected chi connectivity index (χ2v) is 9.79. The van der Waals surface area contributed by atoms with Gasteiger partial charge >= 0.3 is 12.3 Å². The minimum atomic E-state index is -4.64. The van der Waals surface area contributed by atoms with Gasteiger partial charge in [0.2, 0.25) is 0 Å². The number of ether oxygens (including phenoxy) is 2. The van der Waals surface area contributed by atoms with Crippen molar-refractivity contribution in [3.8, 4) is 16.9 Å². The lowest BCUT2D eigenvalue weighted by molar-refractivity contribution is -0.384. The van der Waals surface area contributed by atoms with Gasteiger partial charge in [0.1, 0.15) is 17.0 Å². The van der Waals surface area contributed by atoms with Gasteiger partial charge in [-0.05, 0) is 74.4 Å². The summed E-state index contributed by atoms with van der Waals surface area (Å²) in [4.78, 5) is 37.2. The Morgan fingerprint density at radius 2 is 1.70 bits per heavy atom. The monoisotopic (exact) mass is 555 g/mol. The molecule has 1 aromatic heterocycles. The van der Waals surface area contributed by atoms with Gasteiger partial charge in [0.25, 0.3) is 11.6 Å². The van der Waals surface area contributed by atoms with Crippen LogP contribution in [-0.4, -0.2) is 34.2 Å². The number of nitro groups is 1. The summed E-state index contributed by atoms with van der Waals surface area (Å²) in [5.74, 6) is -0.572. The number of nitrogens with one attached hydrogen (secondary N) is 1. The number of nitrogens with zero attached hydrogens (tertiary/aromatic N) is 2. The van der Waals surface area contributed by atoms with Gasteiger partial charge in [-0.15, -0.1) is 0 Å². The number of halogens is 3.